The zero-order valence-electron chi connectivity index (χ0n) is 8.91. The minimum atomic E-state index is 0.161. The predicted octanol–water partition coefficient (Wildman–Crippen LogP) is 2.18. The molecule has 0 spiro atoms. The number of fused-ring (bicyclic) bond motifs is 1. The number of para-hydroxylation sites is 1. The van der Waals surface area contributed by atoms with Gasteiger partial charge in [-0.15, -0.1) is 5.10 Å². The van der Waals surface area contributed by atoms with Crippen molar-refractivity contribution in [2.24, 2.45) is 0 Å². The largest absolute Gasteiger partial charge is 0.506 e. The van der Waals surface area contributed by atoms with Crippen LogP contribution < -0.4 is 5.32 Å². The number of nitrogens with zero attached hydrogens (tertiary/aromatic N) is 3. The minimum Gasteiger partial charge on any atom is -0.506 e. The van der Waals surface area contributed by atoms with E-state index in [-0.39, 0.29) is 5.75 Å². The normalized spacial score (nSPS) is 10.6. The van der Waals surface area contributed by atoms with Gasteiger partial charge in [-0.05, 0) is 24.3 Å². The van der Waals surface area contributed by atoms with Gasteiger partial charge in [-0.2, -0.15) is 4.98 Å². The molecular weight excluding hydrogens is 216 g/mol. The molecule has 5 heteroatoms. The molecule has 0 amide bonds. The van der Waals surface area contributed by atoms with Crippen LogP contribution in [0.25, 0.3) is 5.65 Å². The second kappa shape index (κ2) is 3.79. The van der Waals surface area contributed by atoms with E-state index in [1.165, 1.54) is 10.7 Å². The minimum absolute atomic E-state index is 0.161. The standard InChI is InChI=1S/C12H10N4O/c17-10-6-7-11-14-12(15-16(11)8-10)13-9-4-2-1-3-5-9/h1-8,17H,(H,13,15). The fourth-order valence-corrected chi connectivity index (χ4v) is 1.58. The van der Waals surface area contributed by atoms with Crippen molar-refractivity contribution in [2.45, 2.75) is 0 Å². The first kappa shape index (κ1) is 9.65. The lowest BCUT2D eigenvalue weighted by atomic mass is 10.3. The molecule has 0 saturated carbocycles. The third-order valence-corrected chi connectivity index (χ3v) is 2.35. The molecule has 0 atom stereocenters. The van der Waals surface area contributed by atoms with Crippen molar-refractivity contribution >= 4 is 17.3 Å². The first-order valence-electron chi connectivity index (χ1n) is 5.19. The number of aromatic hydroxyl groups is 1. The van der Waals surface area contributed by atoms with Crippen LogP contribution in [0.5, 0.6) is 5.75 Å². The third-order valence-electron chi connectivity index (χ3n) is 2.35. The Bertz CT molecular complexity index is 648. The number of anilines is 2. The summed E-state index contributed by atoms with van der Waals surface area (Å²) in [5.74, 6) is 0.662. The summed E-state index contributed by atoms with van der Waals surface area (Å²) < 4.78 is 1.53. The van der Waals surface area contributed by atoms with Crippen molar-refractivity contribution in [1.29, 1.82) is 0 Å². The van der Waals surface area contributed by atoms with Crippen LogP contribution in [0.15, 0.2) is 48.7 Å². The highest BCUT2D eigenvalue weighted by atomic mass is 16.3. The monoisotopic (exact) mass is 226 g/mol. The fraction of sp³-hybridized carbons (Fsp3) is 0. The number of benzene rings is 1. The van der Waals surface area contributed by atoms with Crippen LogP contribution >= 0.6 is 0 Å². The van der Waals surface area contributed by atoms with Gasteiger partial charge in [-0.3, -0.25) is 0 Å². The lowest BCUT2D eigenvalue weighted by Gasteiger charge is -1.98. The topological polar surface area (TPSA) is 62.5 Å². The summed E-state index contributed by atoms with van der Waals surface area (Å²) in [5, 5.41) is 16.6. The number of nitrogens with one attached hydrogen (secondary N) is 1. The molecule has 5 nitrogen and oxygen atoms in total. The van der Waals surface area contributed by atoms with E-state index in [0.717, 1.165) is 5.69 Å². The van der Waals surface area contributed by atoms with Crippen molar-refractivity contribution in [3.8, 4) is 5.75 Å². The Labute approximate surface area is 97.4 Å². The van der Waals surface area contributed by atoms with Gasteiger partial charge in [0.05, 0.1) is 6.20 Å². The second-order valence-corrected chi connectivity index (χ2v) is 3.62. The summed E-state index contributed by atoms with van der Waals surface area (Å²) in [4.78, 5) is 4.28. The number of rotatable bonds is 2. The first-order chi connectivity index (χ1) is 8.31. The molecular formula is C12H10N4O. The molecule has 17 heavy (non-hydrogen) atoms. The average molecular weight is 226 g/mol. The fourth-order valence-electron chi connectivity index (χ4n) is 1.58. The van der Waals surface area contributed by atoms with Gasteiger partial charge in [0.15, 0.2) is 5.65 Å². The lowest BCUT2D eigenvalue weighted by Crippen LogP contribution is -1.92. The number of hydrogen-bond acceptors (Lipinski definition) is 4. The Kier molecular flexibility index (Phi) is 2.15. The van der Waals surface area contributed by atoms with Crippen LogP contribution in [0.1, 0.15) is 0 Å². The lowest BCUT2D eigenvalue weighted by molar-refractivity contribution is 0.470. The van der Waals surface area contributed by atoms with Crippen molar-refractivity contribution < 1.29 is 5.11 Å². The summed E-state index contributed by atoms with van der Waals surface area (Å²) in [7, 11) is 0. The van der Waals surface area contributed by atoms with Crippen LogP contribution in [-0.4, -0.2) is 19.7 Å². The van der Waals surface area contributed by atoms with Gasteiger partial charge < -0.3 is 10.4 Å². The Morgan fingerprint density at radius 1 is 1.06 bits per heavy atom. The summed E-state index contributed by atoms with van der Waals surface area (Å²) >= 11 is 0. The molecule has 84 valence electrons. The molecule has 0 aliphatic carbocycles. The molecule has 3 aromatic rings. The molecule has 0 aliphatic heterocycles. The Balaban J connectivity index is 1.96. The SMILES string of the molecule is Oc1ccc2nc(Nc3ccccc3)nn2c1. The number of pyridine rings is 1. The maximum absolute atomic E-state index is 9.32. The molecule has 0 aliphatic rings. The number of aromatic nitrogens is 3. The van der Waals surface area contributed by atoms with Gasteiger partial charge in [0.1, 0.15) is 5.75 Å². The van der Waals surface area contributed by atoms with Gasteiger partial charge >= 0.3 is 0 Å². The quantitative estimate of drug-likeness (QED) is 0.703. The van der Waals surface area contributed by atoms with Crippen LogP contribution in [0.2, 0.25) is 0 Å². The molecule has 0 fully saturated rings. The van der Waals surface area contributed by atoms with E-state index >= 15 is 0 Å². The Morgan fingerprint density at radius 3 is 2.71 bits per heavy atom. The zero-order valence-corrected chi connectivity index (χ0v) is 8.91. The highest BCUT2D eigenvalue weighted by molar-refractivity contribution is 5.55. The third kappa shape index (κ3) is 1.90. The molecule has 0 unspecified atom stereocenters. The van der Waals surface area contributed by atoms with Crippen molar-refractivity contribution in [1.82, 2.24) is 14.6 Å². The highest BCUT2D eigenvalue weighted by Gasteiger charge is 2.03. The van der Waals surface area contributed by atoms with Crippen molar-refractivity contribution in [2.75, 3.05) is 5.32 Å². The van der Waals surface area contributed by atoms with Gasteiger partial charge in [0, 0.05) is 5.69 Å². The maximum atomic E-state index is 9.32. The van der Waals surface area contributed by atoms with Crippen LogP contribution in [0, 0.1) is 0 Å². The molecule has 2 N–H and O–H groups in total. The molecule has 2 heterocycles. The number of hydrogen-bond donors (Lipinski definition) is 2. The smallest absolute Gasteiger partial charge is 0.247 e. The molecule has 3 rings (SSSR count). The highest BCUT2D eigenvalue weighted by Crippen LogP contribution is 2.15. The molecule has 2 aromatic heterocycles. The average Bonchev–Trinajstić information content (AvgIpc) is 2.71. The van der Waals surface area contributed by atoms with Crippen LogP contribution in [0.3, 0.4) is 0 Å². The maximum Gasteiger partial charge on any atom is 0.247 e. The van der Waals surface area contributed by atoms with E-state index in [0.29, 0.717) is 11.6 Å². The predicted molar refractivity (Wildman–Crippen MR) is 64.4 cm³/mol. The van der Waals surface area contributed by atoms with E-state index in [1.807, 2.05) is 30.3 Å². The molecule has 0 saturated heterocycles. The van der Waals surface area contributed by atoms with Crippen molar-refractivity contribution in [3.05, 3.63) is 48.7 Å². The summed E-state index contributed by atoms with van der Waals surface area (Å²) in [5.41, 5.74) is 1.61. The van der Waals surface area contributed by atoms with E-state index in [9.17, 15) is 5.11 Å². The van der Waals surface area contributed by atoms with E-state index in [2.05, 4.69) is 15.4 Å². The Hall–Kier alpha value is -2.56. The molecule has 0 bridgehead atoms. The van der Waals surface area contributed by atoms with Gasteiger partial charge in [0.25, 0.3) is 0 Å². The Morgan fingerprint density at radius 2 is 1.88 bits per heavy atom. The van der Waals surface area contributed by atoms with Gasteiger partial charge in [0.2, 0.25) is 5.95 Å². The summed E-state index contributed by atoms with van der Waals surface area (Å²) in [6.45, 7) is 0. The van der Waals surface area contributed by atoms with Gasteiger partial charge in [-0.25, -0.2) is 4.52 Å². The van der Waals surface area contributed by atoms with Crippen molar-refractivity contribution in [3.63, 3.8) is 0 Å². The molecule has 0 radical (unpaired) electrons. The summed E-state index contributed by atoms with van der Waals surface area (Å²) in [6, 6.07) is 13.0. The van der Waals surface area contributed by atoms with Gasteiger partial charge in [-0.1, -0.05) is 18.2 Å². The summed E-state index contributed by atoms with van der Waals surface area (Å²) in [6.07, 6.45) is 1.51. The van der Waals surface area contributed by atoms with Crippen LogP contribution in [0.4, 0.5) is 11.6 Å². The second-order valence-electron chi connectivity index (χ2n) is 3.62. The van der Waals surface area contributed by atoms with E-state index < -0.39 is 0 Å². The van der Waals surface area contributed by atoms with Crippen LogP contribution in [-0.2, 0) is 0 Å². The molecule has 1 aromatic carbocycles. The van der Waals surface area contributed by atoms with E-state index in [1.54, 1.807) is 12.1 Å². The van der Waals surface area contributed by atoms with E-state index in [4.69, 9.17) is 0 Å². The zero-order chi connectivity index (χ0) is 11.7. The first-order valence-corrected chi connectivity index (χ1v) is 5.19.